The molecule has 1 aliphatic heterocycles. The molecule has 6 nitrogen and oxygen atoms in total. The number of ether oxygens (including phenoxy) is 2. The maximum Gasteiger partial charge on any atom is 0.170 e. The van der Waals surface area contributed by atoms with Gasteiger partial charge in [0, 0.05) is 30.0 Å². The summed E-state index contributed by atoms with van der Waals surface area (Å²) in [6.07, 6.45) is 2.86. The molecule has 2 heterocycles. The summed E-state index contributed by atoms with van der Waals surface area (Å²) < 4.78 is 30.3. The van der Waals surface area contributed by atoms with Gasteiger partial charge in [0.1, 0.15) is 17.3 Å². The van der Waals surface area contributed by atoms with Gasteiger partial charge in [0.25, 0.3) is 0 Å². The lowest BCUT2D eigenvalue weighted by molar-refractivity contribution is 0.101. The predicted molar refractivity (Wildman–Crippen MR) is 136 cm³/mol. The van der Waals surface area contributed by atoms with Crippen molar-refractivity contribution < 1.29 is 23.2 Å². The van der Waals surface area contributed by atoms with E-state index in [0.29, 0.717) is 39.2 Å². The molecule has 0 amide bonds. The van der Waals surface area contributed by atoms with Crippen molar-refractivity contribution >= 4 is 51.8 Å². The van der Waals surface area contributed by atoms with E-state index in [2.05, 4.69) is 32.6 Å². The van der Waals surface area contributed by atoms with Crippen molar-refractivity contribution in [3.8, 4) is 11.5 Å². The topological polar surface area (TPSA) is 64.8 Å². The molecule has 0 radical (unpaired) electrons. The van der Waals surface area contributed by atoms with Gasteiger partial charge >= 0.3 is 0 Å². The van der Waals surface area contributed by atoms with Gasteiger partial charge in [0.05, 0.1) is 29.0 Å². The number of alkyl halides is 1. The highest BCUT2D eigenvalue weighted by Crippen LogP contribution is 2.37. The van der Waals surface area contributed by atoms with Crippen LogP contribution in [0, 0.1) is 5.82 Å². The zero-order chi connectivity index (χ0) is 22.7. The molecular formula is C24H27ClFIN2O4. The number of nitrogens with zero attached hydrogens (tertiary/aromatic N) is 2. The third-order valence-electron chi connectivity index (χ3n) is 5.90. The van der Waals surface area contributed by atoms with Crippen molar-refractivity contribution in [2.75, 3.05) is 26.8 Å². The van der Waals surface area contributed by atoms with Gasteiger partial charge in [-0.15, -0.1) is 12.4 Å². The fourth-order valence-electron chi connectivity index (χ4n) is 4.20. The SMILES string of the molecule is COc1cc(OCCCN2CCC(c3noc4cc(F)ccc34)CC2I)ccc1C(C)=O.Cl. The molecule has 0 N–H and O–H groups in total. The van der Waals surface area contributed by atoms with E-state index in [1.165, 1.54) is 19.1 Å². The van der Waals surface area contributed by atoms with E-state index in [9.17, 15) is 9.18 Å². The van der Waals surface area contributed by atoms with Gasteiger partial charge in [-0.1, -0.05) is 27.7 Å². The van der Waals surface area contributed by atoms with Gasteiger partial charge in [-0.2, -0.15) is 0 Å². The average Bonchev–Trinajstić information content (AvgIpc) is 3.20. The van der Waals surface area contributed by atoms with Gasteiger partial charge < -0.3 is 14.0 Å². The van der Waals surface area contributed by atoms with E-state index in [0.717, 1.165) is 43.4 Å². The van der Waals surface area contributed by atoms with Gasteiger partial charge in [-0.25, -0.2) is 4.39 Å². The average molecular weight is 589 g/mol. The number of hydrogen-bond donors (Lipinski definition) is 0. The van der Waals surface area contributed by atoms with Crippen LogP contribution in [0.3, 0.4) is 0 Å². The Labute approximate surface area is 212 Å². The molecular weight excluding hydrogens is 562 g/mol. The third kappa shape index (κ3) is 5.96. The normalized spacial score (nSPS) is 18.7. The number of halogens is 3. The summed E-state index contributed by atoms with van der Waals surface area (Å²) >= 11 is 2.49. The van der Waals surface area contributed by atoms with Crippen molar-refractivity contribution in [3.63, 3.8) is 0 Å². The molecule has 1 aliphatic rings. The molecule has 9 heteroatoms. The Bertz CT molecular complexity index is 1110. The lowest BCUT2D eigenvalue weighted by atomic mass is 9.91. The van der Waals surface area contributed by atoms with Gasteiger partial charge in [-0.3, -0.25) is 9.69 Å². The standard InChI is InChI=1S/C24H26FIN2O4.ClH/c1-15(29)19-7-5-18(14-21(19)30-2)31-11-3-9-28-10-8-16(12-23(28)26)24-20-6-4-17(25)13-22(20)32-27-24;/h4-7,13-14,16,23H,3,8-12H2,1-2H3;1H. The second-order valence-corrected chi connectivity index (χ2v) is 9.46. The fourth-order valence-corrected chi connectivity index (χ4v) is 5.37. The maximum atomic E-state index is 13.4. The van der Waals surface area contributed by atoms with Crippen LogP contribution in [0.5, 0.6) is 11.5 Å². The number of fused-ring (bicyclic) bond motifs is 1. The Morgan fingerprint density at radius 3 is 2.85 bits per heavy atom. The van der Waals surface area contributed by atoms with E-state index >= 15 is 0 Å². The summed E-state index contributed by atoms with van der Waals surface area (Å²) in [6, 6.07) is 9.93. The largest absolute Gasteiger partial charge is 0.496 e. The number of benzene rings is 2. The van der Waals surface area contributed by atoms with Crippen molar-refractivity contribution in [3.05, 3.63) is 53.5 Å². The lowest BCUT2D eigenvalue weighted by Gasteiger charge is -2.36. The van der Waals surface area contributed by atoms with Crippen LogP contribution in [-0.4, -0.2) is 46.7 Å². The van der Waals surface area contributed by atoms with Crippen LogP contribution < -0.4 is 9.47 Å². The number of carbonyl (C=O) groups is 1. The van der Waals surface area contributed by atoms with Crippen LogP contribution in [-0.2, 0) is 0 Å². The summed E-state index contributed by atoms with van der Waals surface area (Å²) in [7, 11) is 1.55. The quantitative estimate of drug-likeness (QED) is 0.106. The van der Waals surface area contributed by atoms with Crippen LogP contribution in [0.25, 0.3) is 11.0 Å². The van der Waals surface area contributed by atoms with Crippen LogP contribution in [0.2, 0.25) is 0 Å². The van der Waals surface area contributed by atoms with E-state index in [1.54, 1.807) is 31.4 Å². The summed E-state index contributed by atoms with van der Waals surface area (Å²) in [6.45, 7) is 4.01. The number of methoxy groups -OCH3 is 1. The molecule has 4 rings (SSSR count). The fraction of sp³-hybridized carbons (Fsp3) is 0.417. The second kappa shape index (κ2) is 11.5. The first kappa shape index (κ1) is 25.7. The molecule has 1 aromatic heterocycles. The predicted octanol–water partition coefficient (Wildman–Crippen LogP) is 6.01. The molecule has 33 heavy (non-hydrogen) atoms. The number of hydrogen-bond acceptors (Lipinski definition) is 6. The Kier molecular flexibility index (Phi) is 8.95. The molecule has 2 unspecified atom stereocenters. The summed E-state index contributed by atoms with van der Waals surface area (Å²) in [5.74, 6) is 1.20. The van der Waals surface area contributed by atoms with Crippen molar-refractivity contribution in [2.24, 2.45) is 0 Å². The minimum Gasteiger partial charge on any atom is -0.496 e. The second-order valence-electron chi connectivity index (χ2n) is 8.02. The number of likely N-dealkylation sites (tertiary alicyclic amines) is 1. The molecule has 0 aliphatic carbocycles. The minimum absolute atomic E-state index is 0. The lowest BCUT2D eigenvalue weighted by Crippen LogP contribution is -2.39. The zero-order valence-electron chi connectivity index (χ0n) is 18.6. The van der Waals surface area contributed by atoms with Gasteiger partial charge in [-0.05, 0) is 57.0 Å². The molecule has 0 bridgehead atoms. The first-order valence-corrected chi connectivity index (χ1v) is 12.0. The number of carbonyl (C=O) groups excluding carboxylic acids is 1. The minimum atomic E-state index is -0.308. The highest BCUT2D eigenvalue weighted by atomic mass is 127. The highest BCUT2D eigenvalue weighted by Gasteiger charge is 2.30. The molecule has 0 saturated carbocycles. The Hall–Kier alpha value is -1.91. The molecule has 0 spiro atoms. The van der Waals surface area contributed by atoms with Crippen molar-refractivity contribution in [1.82, 2.24) is 10.1 Å². The summed E-state index contributed by atoms with van der Waals surface area (Å²) in [5.41, 5.74) is 2.01. The molecule has 178 valence electrons. The zero-order valence-corrected chi connectivity index (χ0v) is 21.5. The first-order chi connectivity index (χ1) is 15.5. The van der Waals surface area contributed by atoms with Crippen molar-refractivity contribution in [1.29, 1.82) is 0 Å². The molecule has 2 atom stereocenters. The van der Waals surface area contributed by atoms with Crippen LogP contribution in [0.4, 0.5) is 4.39 Å². The number of Topliss-reactive ketones (excluding diaryl/α,β-unsaturated/α-hetero) is 1. The number of ketones is 1. The van der Waals surface area contributed by atoms with Crippen molar-refractivity contribution in [2.45, 2.75) is 36.2 Å². The number of piperidine rings is 1. The number of aromatic nitrogens is 1. The first-order valence-electron chi connectivity index (χ1n) is 10.7. The van der Waals surface area contributed by atoms with Gasteiger partial charge in [0.15, 0.2) is 11.4 Å². The third-order valence-corrected chi connectivity index (χ3v) is 7.20. The molecule has 2 aromatic carbocycles. The maximum absolute atomic E-state index is 13.4. The molecule has 1 fully saturated rings. The Morgan fingerprint density at radius 2 is 2.12 bits per heavy atom. The van der Waals surface area contributed by atoms with E-state index in [1.807, 2.05) is 0 Å². The highest BCUT2D eigenvalue weighted by molar-refractivity contribution is 14.1. The Balaban J connectivity index is 0.00000306. The van der Waals surface area contributed by atoms with Crippen LogP contribution in [0.15, 0.2) is 40.9 Å². The van der Waals surface area contributed by atoms with E-state index < -0.39 is 0 Å². The van der Waals surface area contributed by atoms with Gasteiger partial charge in [0.2, 0.25) is 0 Å². The summed E-state index contributed by atoms with van der Waals surface area (Å²) in [5, 5.41) is 5.16. The summed E-state index contributed by atoms with van der Waals surface area (Å²) in [4.78, 5) is 14.1. The Morgan fingerprint density at radius 1 is 1.30 bits per heavy atom. The molecule has 3 aromatic rings. The van der Waals surface area contributed by atoms with Crippen LogP contribution >= 0.6 is 35.0 Å². The van der Waals surface area contributed by atoms with Crippen LogP contribution in [0.1, 0.15) is 48.2 Å². The number of rotatable bonds is 8. The van der Waals surface area contributed by atoms with E-state index in [4.69, 9.17) is 14.0 Å². The molecule has 1 saturated heterocycles. The monoisotopic (exact) mass is 588 g/mol. The smallest absolute Gasteiger partial charge is 0.170 e. The van der Waals surface area contributed by atoms with E-state index in [-0.39, 0.29) is 24.0 Å².